The van der Waals surface area contributed by atoms with Crippen LogP contribution in [0.2, 0.25) is 5.02 Å². The molecule has 5 heteroatoms. The summed E-state index contributed by atoms with van der Waals surface area (Å²) in [5.41, 5.74) is 6.17. The van der Waals surface area contributed by atoms with Crippen LogP contribution in [-0.2, 0) is 11.2 Å². The van der Waals surface area contributed by atoms with Crippen molar-refractivity contribution in [3.05, 3.63) is 28.8 Å². The monoisotopic (exact) mass is 313 g/mol. The van der Waals surface area contributed by atoms with E-state index in [0.717, 1.165) is 24.8 Å². The van der Waals surface area contributed by atoms with Crippen LogP contribution in [0.5, 0.6) is 5.75 Å². The first-order valence-electron chi connectivity index (χ1n) is 7.34. The normalized spacial score (nSPS) is 12.1. The molecule has 0 aliphatic heterocycles. The van der Waals surface area contributed by atoms with E-state index in [1.54, 1.807) is 0 Å². The van der Waals surface area contributed by atoms with Gasteiger partial charge in [0.1, 0.15) is 5.75 Å². The lowest BCUT2D eigenvalue weighted by Crippen LogP contribution is -2.15. The van der Waals surface area contributed by atoms with Crippen LogP contribution in [0.1, 0.15) is 38.2 Å². The fourth-order valence-corrected chi connectivity index (χ4v) is 2.27. The van der Waals surface area contributed by atoms with Gasteiger partial charge in [0, 0.05) is 13.0 Å². The second kappa shape index (κ2) is 9.64. The molecule has 1 rings (SSSR count). The molecule has 1 aromatic carbocycles. The zero-order valence-corrected chi connectivity index (χ0v) is 13.2. The number of primary amides is 1. The number of aliphatic hydroxyl groups excluding tert-OH is 1. The highest BCUT2D eigenvalue weighted by molar-refractivity contribution is 6.32. The molecule has 3 N–H and O–H groups in total. The number of aryl methyl sites for hydroxylation is 1. The molecule has 0 unspecified atom stereocenters. The number of rotatable bonds is 10. The molecule has 0 heterocycles. The highest BCUT2D eigenvalue weighted by atomic mass is 35.5. The van der Waals surface area contributed by atoms with Gasteiger partial charge in [-0.1, -0.05) is 30.7 Å². The summed E-state index contributed by atoms with van der Waals surface area (Å²) in [6, 6.07) is 5.74. The van der Waals surface area contributed by atoms with E-state index in [4.69, 9.17) is 27.2 Å². The molecule has 0 aromatic heterocycles. The molecular weight excluding hydrogens is 290 g/mol. The molecule has 0 saturated heterocycles. The van der Waals surface area contributed by atoms with E-state index < -0.39 is 0 Å². The lowest BCUT2D eigenvalue weighted by molar-refractivity contribution is -0.118. The van der Waals surface area contributed by atoms with Crippen LogP contribution >= 0.6 is 11.6 Å². The smallest absolute Gasteiger partial charge is 0.217 e. The van der Waals surface area contributed by atoms with Gasteiger partial charge in [-0.15, -0.1) is 0 Å². The molecule has 0 bridgehead atoms. The summed E-state index contributed by atoms with van der Waals surface area (Å²) >= 11 is 6.34. The molecule has 0 saturated carbocycles. The van der Waals surface area contributed by atoms with Crippen LogP contribution in [0, 0.1) is 5.92 Å². The number of hydrogen-bond donors (Lipinski definition) is 2. The number of aliphatic hydroxyl groups is 1. The van der Waals surface area contributed by atoms with Crippen LogP contribution < -0.4 is 10.5 Å². The van der Waals surface area contributed by atoms with Crippen LogP contribution in [0.25, 0.3) is 0 Å². The third-order valence-corrected chi connectivity index (χ3v) is 3.73. The Morgan fingerprint density at radius 3 is 2.86 bits per heavy atom. The van der Waals surface area contributed by atoms with Gasteiger partial charge in [-0.05, 0) is 43.2 Å². The quantitative estimate of drug-likeness (QED) is 0.652. The molecular formula is C16H24ClNO3. The number of halogens is 1. The minimum atomic E-state index is -0.286. The van der Waals surface area contributed by atoms with E-state index in [2.05, 4.69) is 0 Å². The molecule has 0 radical (unpaired) electrons. The minimum Gasteiger partial charge on any atom is -0.492 e. The summed E-state index contributed by atoms with van der Waals surface area (Å²) in [4.78, 5) is 10.7. The number of benzene rings is 1. The lowest BCUT2D eigenvalue weighted by Gasteiger charge is -2.15. The average Bonchev–Trinajstić information content (AvgIpc) is 2.45. The Hall–Kier alpha value is -1.26. The Morgan fingerprint density at radius 1 is 1.43 bits per heavy atom. The first kappa shape index (κ1) is 17.8. The molecule has 0 fully saturated rings. The summed E-state index contributed by atoms with van der Waals surface area (Å²) in [5.74, 6) is 0.626. The van der Waals surface area contributed by atoms with Crippen molar-refractivity contribution in [2.75, 3.05) is 13.2 Å². The van der Waals surface area contributed by atoms with Gasteiger partial charge in [-0.3, -0.25) is 4.79 Å². The lowest BCUT2D eigenvalue weighted by atomic mass is 10.1. The fraction of sp³-hybridized carbons (Fsp3) is 0.562. The standard InChI is InChI=1S/C16H24ClNO3/c1-12(8-9-15(18)20)11-21-14-7-4-6-13(16(14)17)5-2-3-10-19/h4,6-7,12,19H,2-3,5,8-11H2,1H3,(H2,18,20)/t12-/m0/s1. The van der Waals surface area contributed by atoms with E-state index in [-0.39, 0.29) is 18.4 Å². The second-order valence-electron chi connectivity index (χ2n) is 5.33. The van der Waals surface area contributed by atoms with Crippen molar-refractivity contribution in [3.8, 4) is 5.75 Å². The molecule has 1 amide bonds. The van der Waals surface area contributed by atoms with Gasteiger partial charge < -0.3 is 15.6 Å². The second-order valence-corrected chi connectivity index (χ2v) is 5.71. The van der Waals surface area contributed by atoms with Crippen LogP contribution in [0.4, 0.5) is 0 Å². The number of hydrogen-bond acceptors (Lipinski definition) is 3. The number of amides is 1. The fourth-order valence-electron chi connectivity index (χ4n) is 1.99. The van der Waals surface area contributed by atoms with Gasteiger partial charge >= 0.3 is 0 Å². The molecule has 4 nitrogen and oxygen atoms in total. The Labute approximate surface area is 131 Å². The van der Waals surface area contributed by atoms with Crippen molar-refractivity contribution < 1.29 is 14.6 Å². The van der Waals surface area contributed by atoms with Crippen molar-refractivity contribution in [1.82, 2.24) is 0 Å². The zero-order valence-electron chi connectivity index (χ0n) is 12.5. The number of ether oxygens (including phenoxy) is 1. The van der Waals surface area contributed by atoms with Crippen LogP contribution in [0.3, 0.4) is 0 Å². The third-order valence-electron chi connectivity index (χ3n) is 3.30. The number of carbonyl (C=O) groups is 1. The van der Waals surface area contributed by atoms with Gasteiger partial charge in [0.2, 0.25) is 5.91 Å². The molecule has 1 aromatic rings. The van der Waals surface area contributed by atoms with Gasteiger partial charge in [0.15, 0.2) is 0 Å². The molecule has 0 spiro atoms. The Bertz CT molecular complexity index is 451. The predicted molar refractivity (Wildman–Crippen MR) is 84.6 cm³/mol. The zero-order chi connectivity index (χ0) is 15.7. The van der Waals surface area contributed by atoms with Crippen molar-refractivity contribution in [1.29, 1.82) is 0 Å². The highest BCUT2D eigenvalue weighted by Crippen LogP contribution is 2.29. The average molecular weight is 314 g/mol. The third kappa shape index (κ3) is 6.82. The number of nitrogens with two attached hydrogens (primary N) is 1. The molecule has 0 aliphatic rings. The predicted octanol–water partition coefficient (Wildman–Crippen LogP) is 2.94. The Morgan fingerprint density at radius 2 is 2.19 bits per heavy atom. The summed E-state index contributed by atoms with van der Waals surface area (Å²) in [6.45, 7) is 2.72. The van der Waals surface area contributed by atoms with Crippen LogP contribution in [0.15, 0.2) is 18.2 Å². The minimum absolute atomic E-state index is 0.200. The Kier molecular flexibility index (Phi) is 8.16. The number of unbranched alkanes of at least 4 members (excludes halogenated alkanes) is 1. The van der Waals surface area contributed by atoms with Crippen molar-refractivity contribution in [2.45, 2.75) is 39.0 Å². The summed E-state index contributed by atoms with van der Waals surface area (Å²) in [7, 11) is 0. The maximum atomic E-state index is 10.7. The SMILES string of the molecule is C[C@@H](CCC(N)=O)COc1cccc(CCCCO)c1Cl. The first-order valence-corrected chi connectivity index (χ1v) is 7.71. The first-order chi connectivity index (χ1) is 10.0. The van der Waals surface area contributed by atoms with E-state index >= 15 is 0 Å². The van der Waals surface area contributed by atoms with E-state index in [0.29, 0.717) is 30.2 Å². The summed E-state index contributed by atoms with van der Waals surface area (Å²) in [6.07, 6.45) is 3.58. The Balaban J connectivity index is 2.51. The van der Waals surface area contributed by atoms with Gasteiger partial charge in [0.25, 0.3) is 0 Å². The van der Waals surface area contributed by atoms with Gasteiger partial charge in [-0.2, -0.15) is 0 Å². The molecule has 1 atom stereocenters. The van der Waals surface area contributed by atoms with E-state index in [9.17, 15) is 4.79 Å². The maximum Gasteiger partial charge on any atom is 0.217 e. The van der Waals surface area contributed by atoms with Crippen LogP contribution in [-0.4, -0.2) is 24.2 Å². The summed E-state index contributed by atoms with van der Waals surface area (Å²) < 4.78 is 5.74. The van der Waals surface area contributed by atoms with Gasteiger partial charge in [0.05, 0.1) is 11.6 Å². The molecule has 118 valence electrons. The summed E-state index contributed by atoms with van der Waals surface area (Å²) in [5, 5.41) is 9.45. The van der Waals surface area contributed by atoms with Crippen molar-refractivity contribution in [2.24, 2.45) is 11.7 Å². The van der Waals surface area contributed by atoms with Crippen molar-refractivity contribution >= 4 is 17.5 Å². The van der Waals surface area contributed by atoms with E-state index in [1.807, 2.05) is 25.1 Å². The number of carbonyl (C=O) groups excluding carboxylic acids is 1. The van der Waals surface area contributed by atoms with E-state index in [1.165, 1.54) is 0 Å². The van der Waals surface area contributed by atoms with Gasteiger partial charge in [-0.25, -0.2) is 0 Å². The molecule has 21 heavy (non-hydrogen) atoms. The van der Waals surface area contributed by atoms with Crippen molar-refractivity contribution in [3.63, 3.8) is 0 Å². The molecule has 0 aliphatic carbocycles. The largest absolute Gasteiger partial charge is 0.492 e. The topological polar surface area (TPSA) is 72.6 Å². The maximum absolute atomic E-state index is 10.7. The highest BCUT2D eigenvalue weighted by Gasteiger charge is 2.10.